The number of benzene rings is 2. The van der Waals surface area contributed by atoms with Crippen LogP contribution in [0.15, 0.2) is 66.2 Å². The van der Waals surface area contributed by atoms with E-state index in [-0.39, 0.29) is 6.04 Å². The molecule has 4 aromatic rings. The van der Waals surface area contributed by atoms with E-state index in [9.17, 15) is 0 Å². The van der Waals surface area contributed by atoms with Gasteiger partial charge in [0.2, 0.25) is 0 Å². The lowest BCUT2D eigenvalue weighted by atomic mass is 10.1. The first-order chi connectivity index (χ1) is 15.3. The second-order valence-corrected chi connectivity index (χ2v) is 7.13. The summed E-state index contributed by atoms with van der Waals surface area (Å²) < 4.78 is 13.6. The summed E-state index contributed by atoms with van der Waals surface area (Å²) in [6.45, 7) is 3.92. The zero-order valence-corrected chi connectivity index (χ0v) is 17.4. The molecule has 31 heavy (non-hydrogen) atoms. The average molecular weight is 416 g/mol. The zero-order valence-electron chi connectivity index (χ0n) is 17.4. The average Bonchev–Trinajstić information content (AvgIpc) is 3.25. The first kappa shape index (κ1) is 20.7. The molecule has 2 aromatic carbocycles. The third-order valence-electron chi connectivity index (χ3n) is 5.13. The Morgan fingerprint density at radius 1 is 1.10 bits per heavy atom. The highest BCUT2D eigenvalue weighted by atomic mass is 16.5. The van der Waals surface area contributed by atoms with Crippen LogP contribution in [0.3, 0.4) is 0 Å². The van der Waals surface area contributed by atoms with E-state index in [0.717, 1.165) is 34.1 Å². The van der Waals surface area contributed by atoms with Crippen molar-refractivity contribution in [2.75, 3.05) is 26.4 Å². The number of ether oxygens (including phenoxy) is 2. The summed E-state index contributed by atoms with van der Waals surface area (Å²) in [7, 11) is 0. The molecule has 158 valence electrons. The standard InChI is InChI=1S/C23H24N6O2/c1-2-30-15-18(13-17-7-9-19(10-8-17)31-12-11-27-28-24)29-16-26-22-14-25-21-6-4-3-5-20(21)23(22)29/h3-10,14,16,18H,2,11-13,15H2,1H3/t18-/m0/s1. The van der Waals surface area contributed by atoms with Crippen LogP contribution < -0.4 is 4.74 Å². The molecule has 4 rings (SSSR count). The molecule has 0 bridgehead atoms. The SMILES string of the molecule is CCOC[C@H](Cc1ccc(OCCN=[N+]=[N-])cc1)n1cnc2cnc3ccccc3c21. The Bertz CT molecular complexity index is 1200. The monoisotopic (exact) mass is 416 g/mol. The van der Waals surface area contributed by atoms with Gasteiger partial charge in [-0.1, -0.05) is 35.4 Å². The maximum atomic E-state index is 8.33. The molecule has 0 N–H and O–H groups in total. The van der Waals surface area contributed by atoms with Gasteiger partial charge in [0.25, 0.3) is 0 Å². The molecular weight excluding hydrogens is 392 g/mol. The largest absolute Gasteiger partial charge is 0.493 e. The predicted molar refractivity (Wildman–Crippen MR) is 120 cm³/mol. The summed E-state index contributed by atoms with van der Waals surface area (Å²) in [6.07, 6.45) is 4.51. The number of nitrogens with zero attached hydrogens (tertiary/aromatic N) is 6. The van der Waals surface area contributed by atoms with Crippen molar-refractivity contribution < 1.29 is 9.47 Å². The molecule has 0 radical (unpaired) electrons. The molecule has 0 saturated heterocycles. The highest BCUT2D eigenvalue weighted by Crippen LogP contribution is 2.27. The summed E-state index contributed by atoms with van der Waals surface area (Å²) in [5, 5.41) is 4.56. The van der Waals surface area contributed by atoms with E-state index < -0.39 is 0 Å². The van der Waals surface area contributed by atoms with Crippen LogP contribution in [0, 0.1) is 0 Å². The summed E-state index contributed by atoms with van der Waals surface area (Å²) in [5.74, 6) is 0.753. The lowest BCUT2D eigenvalue weighted by molar-refractivity contribution is 0.114. The van der Waals surface area contributed by atoms with E-state index in [4.69, 9.17) is 15.0 Å². The van der Waals surface area contributed by atoms with E-state index in [1.54, 1.807) is 0 Å². The molecule has 0 spiro atoms. The Kier molecular flexibility index (Phi) is 6.62. The van der Waals surface area contributed by atoms with Gasteiger partial charge in [-0.05, 0) is 42.6 Å². The van der Waals surface area contributed by atoms with Crippen LogP contribution in [-0.2, 0) is 11.2 Å². The number of hydrogen-bond acceptors (Lipinski definition) is 5. The Morgan fingerprint density at radius 3 is 2.74 bits per heavy atom. The van der Waals surface area contributed by atoms with Crippen LogP contribution in [0.25, 0.3) is 32.4 Å². The van der Waals surface area contributed by atoms with Crippen molar-refractivity contribution in [2.45, 2.75) is 19.4 Å². The summed E-state index contributed by atoms with van der Waals surface area (Å²) in [5.41, 5.74) is 12.4. The van der Waals surface area contributed by atoms with E-state index in [1.165, 1.54) is 5.56 Å². The Labute approximate surface area is 180 Å². The van der Waals surface area contributed by atoms with Gasteiger partial charge in [0.05, 0.1) is 49.4 Å². The lowest BCUT2D eigenvalue weighted by Crippen LogP contribution is -2.18. The van der Waals surface area contributed by atoms with Crippen LogP contribution in [0.5, 0.6) is 5.75 Å². The summed E-state index contributed by atoms with van der Waals surface area (Å²) >= 11 is 0. The predicted octanol–water partition coefficient (Wildman–Crippen LogP) is 5.09. The van der Waals surface area contributed by atoms with Crippen molar-refractivity contribution in [3.8, 4) is 5.75 Å². The maximum absolute atomic E-state index is 8.33. The van der Waals surface area contributed by atoms with Crippen molar-refractivity contribution in [2.24, 2.45) is 5.11 Å². The van der Waals surface area contributed by atoms with Crippen LogP contribution >= 0.6 is 0 Å². The number of azide groups is 1. The van der Waals surface area contributed by atoms with E-state index >= 15 is 0 Å². The van der Waals surface area contributed by atoms with Crippen molar-refractivity contribution in [1.82, 2.24) is 14.5 Å². The lowest BCUT2D eigenvalue weighted by Gasteiger charge is -2.20. The van der Waals surface area contributed by atoms with Crippen LogP contribution in [-0.4, -0.2) is 40.9 Å². The first-order valence-corrected chi connectivity index (χ1v) is 10.3. The Hall–Kier alpha value is -3.61. The molecule has 0 aliphatic heterocycles. The molecule has 2 aromatic heterocycles. The Morgan fingerprint density at radius 2 is 1.94 bits per heavy atom. The minimum Gasteiger partial charge on any atom is -0.493 e. The van der Waals surface area contributed by atoms with Crippen molar-refractivity contribution in [3.05, 3.63) is 77.1 Å². The number of para-hydroxylation sites is 1. The fourth-order valence-electron chi connectivity index (χ4n) is 3.68. The molecule has 0 aliphatic rings. The van der Waals surface area contributed by atoms with Gasteiger partial charge in [0.15, 0.2) is 0 Å². The van der Waals surface area contributed by atoms with E-state index in [1.807, 2.05) is 49.8 Å². The minimum atomic E-state index is 0.0903. The quantitative estimate of drug-likeness (QED) is 0.155. The topological polar surface area (TPSA) is 97.9 Å². The molecule has 0 fully saturated rings. The van der Waals surface area contributed by atoms with Gasteiger partial charge in [-0.2, -0.15) is 0 Å². The number of imidazole rings is 1. The van der Waals surface area contributed by atoms with E-state index in [0.29, 0.717) is 26.4 Å². The molecule has 0 saturated carbocycles. The van der Waals surface area contributed by atoms with Crippen molar-refractivity contribution in [3.63, 3.8) is 0 Å². The molecule has 2 heterocycles. The normalized spacial score (nSPS) is 12.0. The minimum absolute atomic E-state index is 0.0903. The smallest absolute Gasteiger partial charge is 0.119 e. The third kappa shape index (κ3) is 4.77. The summed E-state index contributed by atoms with van der Waals surface area (Å²) in [6, 6.07) is 16.2. The van der Waals surface area contributed by atoms with Gasteiger partial charge in [0.1, 0.15) is 11.3 Å². The molecule has 1 atom stereocenters. The number of fused-ring (bicyclic) bond motifs is 3. The number of pyridine rings is 1. The fourth-order valence-corrected chi connectivity index (χ4v) is 3.68. The fraction of sp³-hybridized carbons (Fsp3) is 0.304. The highest BCUT2D eigenvalue weighted by molar-refractivity contribution is 6.02. The van der Waals surface area contributed by atoms with Gasteiger partial charge < -0.3 is 14.0 Å². The van der Waals surface area contributed by atoms with Gasteiger partial charge >= 0.3 is 0 Å². The number of hydrogen-bond donors (Lipinski definition) is 0. The van der Waals surface area contributed by atoms with Crippen LogP contribution in [0.1, 0.15) is 18.5 Å². The maximum Gasteiger partial charge on any atom is 0.119 e. The first-order valence-electron chi connectivity index (χ1n) is 10.3. The Balaban J connectivity index is 1.60. The van der Waals surface area contributed by atoms with Crippen LogP contribution in [0.2, 0.25) is 0 Å². The molecule has 8 nitrogen and oxygen atoms in total. The molecule has 0 aliphatic carbocycles. The molecular formula is C23H24N6O2. The van der Waals surface area contributed by atoms with Gasteiger partial charge in [-0.3, -0.25) is 4.98 Å². The van der Waals surface area contributed by atoms with Crippen LogP contribution in [0.4, 0.5) is 0 Å². The molecule has 0 unspecified atom stereocenters. The zero-order chi connectivity index (χ0) is 21.5. The van der Waals surface area contributed by atoms with Crippen molar-refractivity contribution >= 4 is 21.9 Å². The number of rotatable bonds is 10. The second-order valence-electron chi connectivity index (χ2n) is 7.13. The van der Waals surface area contributed by atoms with E-state index in [2.05, 4.69) is 42.8 Å². The third-order valence-corrected chi connectivity index (χ3v) is 5.13. The van der Waals surface area contributed by atoms with Crippen molar-refractivity contribution in [1.29, 1.82) is 0 Å². The van der Waals surface area contributed by atoms with Gasteiger partial charge in [-0.15, -0.1) is 0 Å². The second kappa shape index (κ2) is 9.93. The molecule has 0 amide bonds. The number of aromatic nitrogens is 3. The highest BCUT2D eigenvalue weighted by Gasteiger charge is 2.17. The summed E-state index contributed by atoms with van der Waals surface area (Å²) in [4.78, 5) is 11.8. The van der Waals surface area contributed by atoms with Gasteiger partial charge in [-0.25, -0.2) is 4.98 Å². The van der Waals surface area contributed by atoms with Gasteiger partial charge in [0, 0.05) is 16.9 Å². The molecule has 8 heteroatoms.